The van der Waals surface area contributed by atoms with Crippen molar-refractivity contribution >= 4 is 21.9 Å². The van der Waals surface area contributed by atoms with Crippen LogP contribution in [0.25, 0.3) is 0 Å². The van der Waals surface area contributed by atoms with Crippen LogP contribution < -0.4 is 0 Å². The van der Waals surface area contributed by atoms with Gasteiger partial charge in [0.05, 0.1) is 7.11 Å². The van der Waals surface area contributed by atoms with Gasteiger partial charge in [-0.15, -0.1) is 0 Å². The lowest BCUT2D eigenvalue weighted by Crippen LogP contribution is -1.98. The molecule has 0 saturated carbocycles. The minimum absolute atomic E-state index is 0.0855. The number of ether oxygens (including phenoxy) is 1. The van der Waals surface area contributed by atoms with Crippen molar-refractivity contribution in [3.05, 3.63) is 12.2 Å². The van der Waals surface area contributed by atoms with Crippen LogP contribution in [0.5, 0.6) is 0 Å². The molecular weight excluding hydrogens is 268 g/mol. The van der Waals surface area contributed by atoms with Crippen molar-refractivity contribution in [1.82, 2.24) is 0 Å². The Bertz CT molecular complexity index is 190. The average Bonchev–Trinajstić information content (AvgIpc) is 2.31. The molecule has 0 aromatic heterocycles. The Labute approximate surface area is 108 Å². The molecule has 2 nitrogen and oxygen atoms in total. The Morgan fingerprint density at radius 1 is 1.06 bits per heavy atom. The molecule has 0 N–H and O–H groups in total. The van der Waals surface area contributed by atoms with Crippen LogP contribution in [0.2, 0.25) is 0 Å². The van der Waals surface area contributed by atoms with Crippen LogP contribution >= 0.6 is 15.9 Å². The fraction of sp³-hybridized carbons (Fsp3) is 0.769. The van der Waals surface area contributed by atoms with Crippen molar-refractivity contribution in [1.29, 1.82) is 0 Å². The van der Waals surface area contributed by atoms with Gasteiger partial charge in [-0.3, -0.25) is 4.79 Å². The number of allylic oxidation sites excluding steroid dienone is 2. The Balaban J connectivity index is 3.07. The standard InChI is InChI=1S/C13H23BrO2/c1-16-13(15)11-9-7-5-3-2-4-6-8-10-12-14/h6,8H,2-5,7,9-12H2,1H3/b8-6-. The molecule has 0 heterocycles. The first-order valence-corrected chi connectivity index (χ1v) is 7.21. The summed E-state index contributed by atoms with van der Waals surface area (Å²) < 4.78 is 4.58. The van der Waals surface area contributed by atoms with Gasteiger partial charge in [-0.25, -0.2) is 0 Å². The fourth-order valence-electron chi connectivity index (χ4n) is 1.46. The molecule has 0 aliphatic carbocycles. The van der Waals surface area contributed by atoms with Crippen molar-refractivity contribution < 1.29 is 9.53 Å². The van der Waals surface area contributed by atoms with E-state index in [1.54, 1.807) is 0 Å². The third-order valence-corrected chi connectivity index (χ3v) is 2.88. The maximum absolute atomic E-state index is 10.8. The minimum atomic E-state index is -0.0855. The van der Waals surface area contributed by atoms with Crippen molar-refractivity contribution in [2.24, 2.45) is 0 Å². The molecule has 16 heavy (non-hydrogen) atoms. The lowest BCUT2D eigenvalue weighted by molar-refractivity contribution is -0.140. The highest BCUT2D eigenvalue weighted by Gasteiger charge is 1.98. The summed E-state index contributed by atoms with van der Waals surface area (Å²) in [6.07, 6.45) is 13.2. The smallest absolute Gasteiger partial charge is 0.305 e. The molecule has 0 atom stereocenters. The maximum atomic E-state index is 10.8. The topological polar surface area (TPSA) is 26.3 Å². The first kappa shape index (κ1) is 15.7. The van der Waals surface area contributed by atoms with Crippen LogP contribution in [0.3, 0.4) is 0 Å². The number of unbranched alkanes of at least 4 members (excludes halogenated alkanes) is 5. The number of rotatable bonds is 10. The van der Waals surface area contributed by atoms with Crippen molar-refractivity contribution in [3.8, 4) is 0 Å². The number of carbonyl (C=O) groups excluding carboxylic acids is 1. The van der Waals surface area contributed by atoms with E-state index in [9.17, 15) is 4.79 Å². The van der Waals surface area contributed by atoms with E-state index in [1.165, 1.54) is 32.8 Å². The quantitative estimate of drug-likeness (QED) is 0.260. The number of esters is 1. The number of carbonyl (C=O) groups is 1. The second kappa shape index (κ2) is 12.8. The number of alkyl halides is 1. The molecule has 94 valence electrons. The van der Waals surface area contributed by atoms with Gasteiger partial charge in [0.2, 0.25) is 0 Å². The second-order valence-electron chi connectivity index (χ2n) is 3.83. The van der Waals surface area contributed by atoms with Gasteiger partial charge >= 0.3 is 5.97 Å². The van der Waals surface area contributed by atoms with Crippen LogP contribution in [0.4, 0.5) is 0 Å². The lowest BCUT2D eigenvalue weighted by atomic mass is 10.1. The Morgan fingerprint density at radius 3 is 2.38 bits per heavy atom. The van der Waals surface area contributed by atoms with Crippen molar-refractivity contribution in [2.45, 2.75) is 51.4 Å². The van der Waals surface area contributed by atoms with Crippen LogP contribution in [-0.4, -0.2) is 18.4 Å². The van der Waals surface area contributed by atoms with Gasteiger partial charge in [-0.05, 0) is 25.7 Å². The summed E-state index contributed by atoms with van der Waals surface area (Å²) in [5.74, 6) is -0.0855. The first-order chi connectivity index (χ1) is 7.81. The van der Waals surface area contributed by atoms with Crippen LogP contribution in [0.15, 0.2) is 12.2 Å². The zero-order valence-corrected chi connectivity index (χ0v) is 11.8. The summed E-state index contributed by atoms with van der Waals surface area (Å²) in [6, 6.07) is 0. The summed E-state index contributed by atoms with van der Waals surface area (Å²) in [5, 5.41) is 1.05. The molecule has 0 aromatic rings. The average molecular weight is 291 g/mol. The summed E-state index contributed by atoms with van der Waals surface area (Å²) in [7, 11) is 1.45. The molecule has 0 bridgehead atoms. The summed E-state index contributed by atoms with van der Waals surface area (Å²) in [5.41, 5.74) is 0. The number of hydrogen-bond donors (Lipinski definition) is 0. The summed E-state index contributed by atoms with van der Waals surface area (Å²) in [6.45, 7) is 0. The van der Waals surface area contributed by atoms with Gasteiger partial charge in [-0.1, -0.05) is 47.3 Å². The van der Waals surface area contributed by atoms with E-state index in [4.69, 9.17) is 0 Å². The fourth-order valence-corrected chi connectivity index (χ4v) is 1.73. The maximum Gasteiger partial charge on any atom is 0.305 e. The molecule has 0 amide bonds. The molecule has 0 fully saturated rings. The van der Waals surface area contributed by atoms with E-state index in [-0.39, 0.29) is 5.97 Å². The van der Waals surface area contributed by atoms with Gasteiger partial charge in [-0.2, -0.15) is 0 Å². The van der Waals surface area contributed by atoms with Gasteiger partial charge in [0.15, 0.2) is 0 Å². The molecule has 0 aliphatic rings. The highest BCUT2D eigenvalue weighted by atomic mass is 79.9. The van der Waals surface area contributed by atoms with Crippen LogP contribution in [0.1, 0.15) is 51.4 Å². The van der Waals surface area contributed by atoms with E-state index in [1.807, 2.05) is 0 Å². The predicted octanol–water partition coefficient (Wildman–Crippen LogP) is 4.23. The summed E-state index contributed by atoms with van der Waals surface area (Å²) in [4.78, 5) is 10.8. The minimum Gasteiger partial charge on any atom is -0.469 e. The number of methoxy groups -OCH3 is 1. The largest absolute Gasteiger partial charge is 0.469 e. The Hall–Kier alpha value is -0.310. The molecule has 0 unspecified atom stereocenters. The van der Waals surface area contributed by atoms with Crippen LogP contribution in [-0.2, 0) is 9.53 Å². The molecule has 0 saturated heterocycles. The molecule has 0 aromatic carbocycles. The van der Waals surface area contributed by atoms with E-state index in [2.05, 4.69) is 32.8 Å². The molecule has 0 spiro atoms. The summed E-state index contributed by atoms with van der Waals surface area (Å²) >= 11 is 3.39. The van der Waals surface area contributed by atoms with Gasteiger partial charge in [0.1, 0.15) is 0 Å². The lowest BCUT2D eigenvalue weighted by Gasteiger charge is -1.99. The molecule has 3 heteroatoms. The van der Waals surface area contributed by atoms with E-state index < -0.39 is 0 Å². The third kappa shape index (κ3) is 11.8. The van der Waals surface area contributed by atoms with Crippen molar-refractivity contribution in [2.75, 3.05) is 12.4 Å². The highest BCUT2D eigenvalue weighted by molar-refractivity contribution is 9.09. The van der Waals surface area contributed by atoms with Gasteiger partial charge < -0.3 is 4.74 Å². The first-order valence-electron chi connectivity index (χ1n) is 6.09. The normalized spacial score (nSPS) is 10.9. The van der Waals surface area contributed by atoms with E-state index in [0.717, 1.165) is 24.6 Å². The Morgan fingerprint density at radius 2 is 1.69 bits per heavy atom. The molecule has 0 rings (SSSR count). The zero-order valence-electron chi connectivity index (χ0n) is 10.2. The van der Waals surface area contributed by atoms with Crippen molar-refractivity contribution in [3.63, 3.8) is 0 Å². The second-order valence-corrected chi connectivity index (χ2v) is 4.62. The molecule has 0 aliphatic heterocycles. The Kier molecular flexibility index (Phi) is 12.5. The van der Waals surface area contributed by atoms with E-state index >= 15 is 0 Å². The zero-order chi connectivity index (χ0) is 12.1. The third-order valence-electron chi connectivity index (χ3n) is 2.42. The number of halogens is 1. The monoisotopic (exact) mass is 290 g/mol. The molecule has 0 radical (unpaired) electrons. The SMILES string of the molecule is COC(=O)CCCCCCC/C=C\CCBr. The number of hydrogen-bond acceptors (Lipinski definition) is 2. The van der Waals surface area contributed by atoms with Crippen LogP contribution in [0, 0.1) is 0 Å². The molecular formula is C13H23BrO2. The van der Waals surface area contributed by atoms with E-state index in [0.29, 0.717) is 6.42 Å². The van der Waals surface area contributed by atoms with Gasteiger partial charge in [0.25, 0.3) is 0 Å². The van der Waals surface area contributed by atoms with Gasteiger partial charge in [0, 0.05) is 11.8 Å². The predicted molar refractivity (Wildman–Crippen MR) is 71.9 cm³/mol. The highest BCUT2D eigenvalue weighted by Crippen LogP contribution is 2.08.